The number of Topliss-reactive ketones (excluding diaryl/α,β-unsaturated/α-hetero) is 1. The van der Waals surface area contributed by atoms with Gasteiger partial charge in [-0.3, -0.25) is 9.48 Å². The van der Waals surface area contributed by atoms with Gasteiger partial charge in [0.15, 0.2) is 23.0 Å². The molecule has 0 N–H and O–H groups in total. The second-order valence-electron chi connectivity index (χ2n) is 5.80. The van der Waals surface area contributed by atoms with E-state index in [9.17, 15) is 9.59 Å². The van der Waals surface area contributed by atoms with Gasteiger partial charge < -0.3 is 14.2 Å². The number of ketones is 1. The molecule has 0 saturated heterocycles. The highest BCUT2D eigenvalue weighted by Crippen LogP contribution is 2.31. The van der Waals surface area contributed by atoms with Gasteiger partial charge in [-0.25, -0.2) is 4.79 Å². The molecule has 7 heteroatoms. The van der Waals surface area contributed by atoms with E-state index in [0.717, 1.165) is 0 Å². The molecular formula is C19H16N2O5. The molecule has 0 aliphatic carbocycles. The SMILES string of the molecule is COC(=O)c1nn(CC(=O)c2ccc3c(c2)OCCO3)c2ccccc12. The molecule has 26 heavy (non-hydrogen) atoms. The highest BCUT2D eigenvalue weighted by atomic mass is 16.6. The molecule has 0 radical (unpaired) electrons. The fourth-order valence-corrected chi connectivity index (χ4v) is 2.94. The van der Waals surface area contributed by atoms with Crippen molar-refractivity contribution < 1.29 is 23.8 Å². The van der Waals surface area contributed by atoms with Crippen LogP contribution in [0.3, 0.4) is 0 Å². The van der Waals surface area contributed by atoms with Crippen LogP contribution < -0.4 is 9.47 Å². The summed E-state index contributed by atoms with van der Waals surface area (Å²) in [4.78, 5) is 24.7. The van der Waals surface area contributed by atoms with E-state index in [2.05, 4.69) is 5.10 Å². The van der Waals surface area contributed by atoms with Crippen LogP contribution in [0.5, 0.6) is 11.5 Å². The maximum absolute atomic E-state index is 12.7. The quantitative estimate of drug-likeness (QED) is 0.530. The largest absolute Gasteiger partial charge is 0.486 e. The van der Waals surface area contributed by atoms with Crippen molar-refractivity contribution in [3.63, 3.8) is 0 Å². The molecule has 0 spiro atoms. The maximum Gasteiger partial charge on any atom is 0.359 e. The highest BCUT2D eigenvalue weighted by molar-refractivity contribution is 6.03. The first-order chi connectivity index (χ1) is 12.7. The third-order valence-corrected chi connectivity index (χ3v) is 4.19. The average Bonchev–Trinajstić information content (AvgIpc) is 3.05. The number of ether oxygens (including phenoxy) is 3. The van der Waals surface area contributed by atoms with Crippen molar-refractivity contribution in [2.75, 3.05) is 20.3 Å². The Kier molecular flexibility index (Phi) is 4.04. The van der Waals surface area contributed by atoms with E-state index in [-0.39, 0.29) is 18.0 Å². The summed E-state index contributed by atoms with van der Waals surface area (Å²) in [6.07, 6.45) is 0. The van der Waals surface area contributed by atoms with Crippen molar-refractivity contribution >= 4 is 22.7 Å². The lowest BCUT2D eigenvalue weighted by atomic mass is 10.1. The summed E-state index contributed by atoms with van der Waals surface area (Å²) in [6, 6.07) is 12.3. The minimum absolute atomic E-state index is 0.00283. The summed E-state index contributed by atoms with van der Waals surface area (Å²) in [5.74, 6) is 0.506. The molecule has 0 unspecified atom stereocenters. The van der Waals surface area contributed by atoms with E-state index >= 15 is 0 Å². The lowest BCUT2D eigenvalue weighted by Crippen LogP contribution is -2.17. The number of para-hydroxylation sites is 1. The molecule has 0 amide bonds. The molecule has 0 bridgehead atoms. The Morgan fingerprint density at radius 2 is 1.88 bits per heavy atom. The van der Waals surface area contributed by atoms with Crippen LogP contribution in [0.2, 0.25) is 0 Å². The van der Waals surface area contributed by atoms with Gasteiger partial charge in [0.25, 0.3) is 0 Å². The molecule has 4 rings (SSSR count). The Morgan fingerprint density at radius 3 is 2.69 bits per heavy atom. The summed E-state index contributed by atoms with van der Waals surface area (Å²) < 4.78 is 17.3. The van der Waals surface area contributed by atoms with E-state index in [1.54, 1.807) is 24.3 Å². The number of aromatic nitrogens is 2. The van der Waals surface area contributed by atoms with E-state index in [4.69, 9.17) is 14.2 Å². The molecule has 1 aliphatic heterocycles. The first-order valence-corrected chi connectivity index (χ1v) is 8.14. The van der Waals surface area contributed by atoms with Crippen molar-refractivity contribution in [2.45, 2.75) is 6.54 Å². The zero-order chi connectivity index (χ0) is 18.1. The first kappa shape index (κ1) is 16.1. The van der Waals surface area contributed by atoms with E-state index < -0.39 is 5.97 Å². The number of hydrogen-bond acceptors (Lipinski definition) is 6. The van der Waals surface area contributed by atoms with Crippen molar-refractivity contribution in [1.82, 2.24) is 9.78 Å². The number of methoxy groups -OCH3 is 1. The van der Waals surface area contributed by atoms with Crippen molar-refractivity contribution in [1.29, 1.82) is 0 Å². The molecule has 7 nitrogen and oxygen atoms in total. The molecule has 0 saturated carbocycles. The minimum Gasteiger partial charge on any atom is -0.486 e. The van der Waals surface area contributed by atoms with Gasteiger partial charge in [-0.1, -0.05) is 18.2 Å². The number of esters is 1. The molecular weight excluding hydrogens is 336 g/mol. The molecule has 2 heterocycles. The van der Waals surface area contributed by atoms with Gasteiger partial charge in [-0.05, 0) is 24.3 Å². The van der Waals surface area contributed by atoms with E-state index in [0.29, 0.717) is 41.2 Å². The second-order valence-corrected chi connectivity index (χ2v) is 5.80. The topological polar surface area (TPSA) is 79.7 Å². The van der Waals surface area contributed by atoms with Gasteiger partial charge in [0.1, 0.15) is 19.8 Å². The summed E-state index contributed by atoms with van der Waals surface area (Å²) in [5.41, 5.74) is 1.38. The fourth-order valence-electron chi connectivity index (χ4n) is 2.94. The monoisotopic (exact) mass is 352 g/mol. The summed E-state index contributed by atoms with van der Waals surface area (Å²) >= 11 is 0. The van der Waals surface area contributed by atoms with E-state index in [1.807, 2.05) is 18.2 Å². The number of carbonyl (C=O) groups is 2. The summed E-state index contributed by atoms with van der Waals surface area (Å²) in [5, 5.41) is 4.93. The smallest absolute Gasteiger partial charge is 0.359 e. The van der Waals surface area contributed by atoms with Crippen LogP contribution in [0.1, 0.15) is 20.8 Å². The number of hydrogen-bond donors (Lipinski definition) is 0. The van der Waals surface area contributed by atoms with Gasteiger partial charge in [-0.2, -0.15) is 5.10 Å². The highest BCUT2D eigenvalue weighted by Gasteiger charge is 2.20. The molecule has 0 fully saturated rings. The zero-order valence-corrected chi connectivity index (χ0v) is 14.1. The van der Waals surface area contributed by atoms with Crippen molar-refractivity contribution in [3.05, 3.63) is 53.7 Å². The lowest BCUT2D eigenvalue weighted by molar-refractivity contribution is 0.0594. The van der Waals surface area contributed by atoms with Crippen LogP contribution in [-0.2, 0) is 11.3 Å². The number of benzene rings is 2. The standard InChI is InChI=1S/C19H16N2O5/c1-24-19(23)18-13-4-2-3-5-14(13)21(20-18)11-15(22)12-6-7-16-17(10-12)26-9-8-25-16/h2-7,10H,8-9,11H2,1H3. The van der Waals surface area contributed by atoms with Crippen LogP contribution in [-0.4, -0.2) is 41.9 Å². The number of fused-ring (bicyclic) bond motifs is 2. The molecule has 2 aromatic carbocycles. The molecule has 1 aromatic heterocycles. The maximum atomic E-state index is 12.7. The van der Waals surface area contributed by atoms with Gasteiger partial charge in [0.05, 0.1) is 12.6 Å². The molecule has 132 valence electrons. The zero-order valence-electron chi connectivity index (χ0n) is 14.1. The second kappa shape index (κ2) is 6.51. The van der Waals surface area contributed by atoms with Gasteiger partial charge in [0, 0.05) is 10.9 Å². The Balaban J connectivity index is 1.67. The fraction of sp³-hybridized carbons (Fsp3) is 0.211. The Hall–Kier alpha value is -3.35. The number of carbonyl (C=O) groups excluding carboxylic acids is 2. The summed E-state index contributed by atoms with van der Waals surface area (Å²) in [7, 11) is 1.30. The van der Waals surface area contributed by atoms with Gasteiger partial charge in [-0.15, -0.1) is 0 Å². The van der Waals surface area contributed by atoms with Gasteiger partial charge in [0.2, 0.25) is 0 Å². The molecule has 3 aromatic rings. The van der Waals surface area contributed by atoms with Crippen molar-refractivity contribution in [2.24, 2.45) is 0 Å². The third-order valence-electron chi connectivity index (χ3n) is 4.19. The Bertz CT molecular complexity index is 1010. The first-order valence-electron chi connectivity index (χ1n) is 8.14. The molecule has 1 aliphatic rings. The third kappa shape index (κ3) is 2.77. The number of nitrogens with zero attached hydrogens (tertiary/aromatic N) is 2. The van der Waals surface area contributed by atoms with Crippen molar-refractivity contribution in [3.8, 4) is 11.5 Å². The van der Waals surface area contributed by atoms with Crippen LogP contribution >= 0.6 is 0 Å². The van der Waals surface area contributed by atoms with E-state index in [1.165, 1.54) is 11.8 Å². The Morgan fingerprint density at radius 1 is 1.12 bits per heavy atom. The van der Waals surface area contributed by atoms with Crippen LogP contribution in [0.25, 0.3) is 10.9 Å². The normalized spacial score (nSPS) is 12.8. The predicted octanol–water partition coefficient (Wildman–Crippen LogP) is 2.48. The lowest BCUT2D eigenvalue weighted by Gasteiger charge is -2.18. The Labute approximate surface area is 149 Å². The van der Waals surface area contributed by atoms with Crippen LogP contribution in [0, 0.1) is 0 Å². The van der Waals surface area contributed by atoms with Crippen LogP contribution in [0.15, 0.2) is 42.5 Å². The van der Waals surface area contributed by atoms with Gasteiger partial charge >= 0.3 is 5.97 Å². The summed E-state index contributed by atoms with van der Waals surface area (Å²) in [6.45, 7) is 0.948. The van der Waals surface area contributed by atoms with Crippen LogP contribution in [0.4, 0.5) is 0 Å². The average molecular weight is 352 g/mol. The minimum atomic E-state index is -0.535. The number of rotatable bonds is 4. The predicted molar refractivity (Wildman–Crippen MR) is 92.8 cm³/mol. The molecule has 0 atom stereocenters.